The van der Waals surface area contributed by atoms with Crippen molar-refractivity contribution in [2.45, 2.75) is 12.6 Å². The molecule has 0 saturated heterocycles. The first-order valence-electron chi connectivity index (χ1n) is 9.02. The SMILES string of the molecule is O=C(COc1ccc2c(C(F)(F)F)cc(=O)oc2c1)c1ccc2c(c1)OCCCO2. The maximum atomic E-state index is 13.1. The summed E-state index contributed by atoms with van der Waals surface area (Å²) < 4.78 is 60.6. The molecule has 0 radical (unpaired) electrons. The summed E-state index contributed by atoms with van der Waals surface area (Å²) in [5.74, 6) is 0.740. The van der Waals surface area contributed by atoms with E-state index in [4.69, 9.17) is 18.6 Å². The highest BCUT2D eigenvalue weighted by molar-refractivity contribution is 5.98. The van der Waals surface area contributed by atoms with E-state index in [1.165, 1.54) is 6.07 Å². The van der Waals surface area contributed by atoms with Crippen LogP contribution in [0.25, 0.3) is 11.0 Å². The van der Waals surface area contributed by atoms with Crippen LogP contribution in [0.2, 0.25) is 0 Å². The minimum atomic E-state index is -4.70. The average molecular weight is 420 g/mol. The van der Waals surface area contributed by atoms with Gasteiger partial charge < -0.3 is 18.6 Å². The molecule has 0 aliphatic carbocycles. The van der Waals surface area contributed by atoms with Gasteiger partial charge in [-0.3, -0.25) is 4.79 Å². The average Bonchev–Trinajstić information content (AvgIpc) is 2.95. The van der Waals surface area contributed by atoms with E-state index in [2.05, 4.69) is 0 Å². The van der Waals surface area contributed by atoms with Crippen LogP contribution in [-0.2, 0) is 6.18 Å². The molecular formula is C21H15F3O6. The van der Waals surface area contributed by atoms with Crippen LogP contribution in [0.1, 0.15) is 22.3 Å². The molecule has 30 heavy (non-hydrogen) atoms. The van der Waals surface area contributed by atoms with E-state index in [1.54, 1.807) is 18.2 Å². The van der Waals surface area contributed by atoms with Gasteiger partial charge in [-0.2, -0.15) is 13.2 Å². The molecular weight excluding hydrogens is 405 g/mol. The summed E-state index contributed by atoms with van der Waals surface area (Å²) in [6.45, 7) is 0.634. The molecule has 6 nitrogen and oxygen atoms in total. The number of fused-ring (bicyclic) bond motifs is 2. The van der Waals surface area contributed by atoms with Gasteiger partial charge in [-0.05, 0) is 30.3 Å². The van der Waals surface area contributed by atoms with Crippen molar-refractivity contribution in [3.05, 3.63) is 64.0 Å². The molecule has 1 aliphatic heterocycles. The van der Waals surface area contributed by atoms with Gasteiger partial charge in [0, 0.05) is 29.5 Å². The van der Waals surface area contributed by atoms with E-state index in [9.17, 15) is 22.8 Å². The Balaban J connectivity index is 1.53. The largest absolute Gasteiger partial charge is 0.490 e. The van der Waals surface area contributed by atoms with Crippen LogP contribution in [-0.4, -0.2) is 25.6 Å². The van der Waals surface area contributed by atoms with E-state index in [0.29, 0.717) is 36.3 Å². The van der Waals surface area contributed by atoms with Crippen molar-refractivity contribution in [1.82, 2.24) is 0 Å². The van der Waals surface area contributed by atoms with Gasteiger partial charge >= 0.3 is 11.8 Å². The zero-order chi connectivity index (χ0) is 21.3. The van der Waals surface area contributed by atoms with Gasteiger partial charge in [-0.1, -0.05) is 0 Å². The molecule has 0 bridgehead atoms. The Morgan fingerprint density at radius 2 is 1.77 bits per heavy atom. The number of ketones is 1. The third-order valence-electron chi connectivity index (χ3n) is 4.46. The molecule has 2 heterocycles. The molecule has 0 fully saturated rings. The van der Waals surface area contributed by atoms with Crippen molar-refractivity contribution < 1.29 is 36.6 Å². The Morgan fingerprint density at radius 1 is 1.00 bits per heavy atom. The summed E-state index contributed by atoms with van der Waals surface area (Å²) in [5.41, 5.74) is -2.17. The third kappa shape index (κ3) is 4.10. The summed E-state index contributed by atoms with van der Waals surface area (Å²) in [4.78, 5) is 23.9. The normalized spacial score (nSPS) is 13.7. The number of carbonyl (C=O) groups excluding carboxylic acids is 1. The quantitative estimate of drug-likeness (QED) is 0.465. The summed E-state index contributed by atoms with van der Waals surface area (Å²) in [6.07, 6.45) is -3.97. The van der Waals surface area contributed by atoms with Crippen LogP contribution in [0.15, 0.2) is 51.7 Å². The van der Waals surface area contributed by atoms with Gasteiger partial charge in [0.1, 0.15) is 11.3 Å². The molecule has 3 aromatic rings. The Kier molecular flexibility index (Phi) is 5.11. The van der Waals surface area contributed by atoms with Crippen LogP contribution in [0.4, 0.5) is 13.2 Å². The lowest BCUT2D eigenvalue weighted by Gasteiger charge is -2.11. The first-order chi connectivity index (χ1) is 14.3. The van der Waals surface area contributed by atoms with Crippen molar-refractivity contribution in [1.29, 1.82) is 0 Å². The standard InChI is InChI=1S/C21H15F3O6/c22-21(23,24)15-10-20(26)30-18-9-13(3-4-14(15)18)29-11-16(25)12-2-5-17-19(8-12)28-7-1-6-27-17/h2-5,8-10H,1,6-7,11H2. The lowest BCUT2D eigenvalue weighted by Crippen LogP contribution is -2.13. The van der Waals surface area contributed by atoms with Gasteiger partial charge in [0.15, 0.2) is 23.9 Å². The minimum absolute atomic E-state index is 0.0904. The second-order valence-electron chi connectivity index (χ2n) is 6.56. The topological polar surface area (TPSA) is 75.0 Å². The molecule has 2 aromatic carbocycles. The molecule has 0 saturated carbocycles. The Morgan fingerprint density at radius 3 is 2.53 bits per heavy atom. The number of alkyl halides is 3. The molecule has 1 aromatic heterocycles. The van der Waals surface area contributed by atoms with E-state index in [0.717, 1.165) is 18.6 Å². The van der Waals surface area contributed by atoms with Gasteiger partial charge in [-0.15, -0.1) is 0 Å². The Hall–Kier alpha value is -3.49. The highest BCUT2D eigenvalue weighted by Gasteiger charge is 2.33. The summed E-state index contributed by atoms with van der Waals surface area (Å²) in [6, 6.07) is 8.73. The van der Waals surface area contributed by atoms with E-state index >= 15 is 0 Å². The molecule has 156 valence electrons. The van der Waals surface area contributed by atoms with E-state index in [-0.39, 0.29) is 29.1 Å². The monoisotopic (exact) mass is 420 g/mol. The lowest BCUT2D eigenvalue weighted by molar-refractivity contribution is -0.136. The van der Waals surface area contributed by atoms with Gasteiger partial charge in [0.2, 0.25) is 0 Å². The molecule has 9 heteroatoms. The van der Waals surface area contributed by atoms with Crippen LogP contribution >= 0.6 is 0 Å². The van der Waals surface area contributed by atoms with Crippen molar-refractivity contribution in [2.24, 2.45) is 0 Å². The van der Waals surface area contributed by atoms with Crippen LogP contribution < -0.4 is 19.8 Å². The summed E-state index contributed by atoms with van der Waals surface area (Å²) >= 11 is 0. The number of hydrogen-bond acceptors (Lipinski definition) is 6. The van der Waals surface area contributed by atoms with Gasteiger partial charge in [-0.25, -0.2) is 4.79 Å². The highest BCUT2D eigenvalue weighted by Crippen LogP contribution is 2.35. The maximum absolute atomic E-state index is 13.1. The number of rotatable bonds is 4. The van der Waals surface area contributed by atoms with Gasteiger partial charge in [0.25, 0.3) is 0 Å². The molecule has 0 atom stereocenters. The van der Waals surface area contributed by atoms with Crippen molar-refractivity contribution in [2.75, 3.05) is 19.8 Å². The molecule has 0 spiro atoms. The molecule has 0 N–H and O–H groups in total. The molecule has 0 amide bonds. The van der Waals surface area contributed by atoms with Crippen LogP contribution in [0.5, 0.6) is 17.2 Å². The second kappa shape index (κ2) is 7.74. The van der Waals surface area contributed by atoms with Crippen LogP contribution in [0.3, 0.4) is 0 Å². The zero-order valence-corrected chi connectivity index (χ0v) is 15.5. The third-order valence-corrected chi connectivity index (χ3v) is 4.46. The van der Waals surface area contributed by atoms with Crippen molar-refractivity contribution in [3.63, 3.8) is 0 Å². The van der Waals surface area contributed by atoms with Gasteiger partial charge in [0.05, 0.1) is 18.8 Å². The fraction of sp³-hybridized carbons (Fsp3) is 0.238. The summed E-state index contributed by atoms with van der Waals surface area (Å²) in [7, 11) is 0. The summed E-state index contributed by atoms with van der Waals surface area (Å²) in [5, 5.41) is -0.274. The molecule has 0 unspecified atom stereocenters. The number of ether oxygens (including phenoxy) is 3. The van der Waals surface area contributed by atoms with Crippen molar-refractivity contribution >= 4 is 16.8 Å². The van der Waals surface area contributed by atoms with Crippen LogP contribution in [0, 0.1) is 0 Å². The first-order valence-corrected chi connectivity index (χ1v) is 9.02. The smallest absolute Gasteiger partial charge is 0.417 e. The predicted molar refractivity (Wildman–Crippen MR) is 99.4 cm³/mol. The van der Waals surface area contributed by atoms with E-state index < -0.39 is 17.4 Å². The molecule has 1 aliphatic rings. The van der Waals surface area contributed by atoms with E-state index in [1.807, 2.05) is 0 Å². The second-order valence-corrected chi connectivity index (χ2v) is 6.56. The molecule has 4 rings (SSSR count). The maximum Gasteiger partial charge on any atom is 0.417 e. The van der Waals surface area contributed by atoms with Crippen molar-refractivity contribution in [3.8, 4) is 17.2 Å². The highest BCUT2D eigenvalue weighted by atomic mass is 19.4. The first kappa shape index (κ1) is 19.8. The fourth-order valence-corrected chi connectivity index (χ4v) is 3.04. The number of Topliss-reactive ketones (excluding diaryl/α,β-unsaturated/α-hetero) is 1. The minimum Gasteiger partial charge on any atom is -0.490 e. The Labute approximate surface area is 167 Å². The number of hydrogen-bond donors (Lipinski definition) is 0. The predicted octanol–water partition coefficient (Wildman–Crippen LogP) is 4.23. The number of halogens is 3. The zero-order valence-electron chi connectivity index (χ0n) is 15.5. The lowest BCUT2D eigenvalue weighted by atomic mass is 10.1. The fourth-order valence-electron chi connectivity index (χ4n) is 3.04. The number of carbonyl (C=O) groups is 1. The Bertz CT molecular complexity index is 1170. The number of benzene rings is 2.